The van der Waals surface area contributed by atoms with Gasteiger partial charge < -0.3 is 0 Å². The predicted molar refractivity (Wildman–Crippen MR) is 29.4 cm³/mol. The Labute approximate surface area is 40.6 Å². The zero-order chi connectivity index (χ0) is 4.99. The zero-order valence-electron chi connectivity index (χ0n) is 4.86. The fraction of sp³-hybridized carbons (Fsp3) is 0.833. The van der Waals surface area contributed by atoms with Gasteiger partial charge in [0.05, 0.1) is 0 Å². The van der Waals surface area contributed by atoms with Crippen molar-refractivity contribution in [2.75, 3.05) is 0 Å². The van der Waals surface area contributed by atoms with Crippen molar-refractivity contribution in [1.82, 2.24) is 0 Å². The summed E-state index contributed by atoms with van der Waals surface area (Å²) in [4.78, 5) is 0. The Kier molecular flexibility index (Phi) is 3.20. The van der Waals surface area contributed by atoms with Crippen LogP contribution in [0.25, 0.3) is 0 Å². The van der Waals surface area contributed by atoms with Gasteiger partial charge >= 0.3 is 0 Å². The SMILES string of the molecule is C[CH][C@H](C)CC. The fourth-order valence-corrected chi connectivity index (χ4v) is 0.236. The van der Waals surface area contributed by atoms with E-state index in [1.807, 2.05) is 0 Å². The third kappa shape index (κ3) is 2.25. The van der Waals surface area contributed by atoms with Crippen molar-refractivity contribution >= 4 is 0 Å². The maximum atomic E-state index is 2.22. The van der Waals surface area contributed by atoms with Crippen molar-refractivity contribution in [2.45, 2.75) is 27.2 Å². The van der Waals surface area contributed by atoms with Gasteiger partial charge in [-0.3, -0.25) is 0 Å². The van der Waals surface area contributed by atoms with Crippen LogP contribution in [0.5, 0.6) is 0 Å². The maximum Gasteiger partial charge on any atom is -0.0389 e. The molecule has 0 spiro atoms. The van der Waals surface area contributed by atoms with Crippen LogP contribution in [0.15, 0.2) is 0 Å². The molecule has 0 amide bonds. The number of hydrogen-bond donors (Lipinski definition) is 0. The van der Waals surface area contributed by atoms with E-state index in [1.165, 1.54) is 6.42 Å². The molecule has 0 aliphatic carbocycles. The minimum Gasteiger partial charge on any atom is -0.0651 e. The lowest BCUT2D eigenvalue weighted by atomic mass is 10.1. The maximum absolute atomic E-state index is 2.22. The third-order valence-electron chi connectivity index (χ3n) is 1.21. The van der Waals surface area contributed by atoms with Crippen LogP contribution in [0.3, 0.4) is 0 Å². The van der Waals surface area contributed by atoms with Crippen LogP contribution in [0, 0.1) is 12.3 Å². The molecular weight excluding hydrogens is 72.1 g/mol. The first-order valence-electron chi connectivity index (χ1n) is 2.60. The van der Waals surface area contributed by atoms with Crippen LogP contribution in [0.1, 0.15) is 27.2 Å². The quantitative estimate of drug-likeness (QED) is 0.482. The summed E-state index contributed by atoms with van der Waals surface area (Å²) in [5.41, 5.74) is 0. The molecule has 0 bridgehead atoms. The lowest BCUT2D eigenvalue weighted by molar-refractivity contribution is 0.649. The first kappa shape index (κ1) is 6.00. The highest BCUT2D eigenvalue weighted by atomic mass is 13.9. The molecule has 0 saturated carbocycles. The molecule has 0 aromatic heterocycles. The molecule has 0 heterocycles. The van der Waals surface area contributed by atoms with E-state index in [0.29, 0.717) is 0 Å². The molecule has 37 valence electrons. The van der Waals surface area contributed by atoms with Gasteiger partial charge in [-0.05, 0) is 12.3 Å². The van der Waals surface area contributed by atoms with Crippen LogP contribution in [0.2, 0.25) is 0 Å². The predicted octanol–water partition coefficient (Wildman–Crippen LogP) is 2.26. The van der Waals surface area contributed by atoms with Gasteiger partial charge in [-0.25, -0.2) is 0 Å². The number of hydrogen-bond acceptors (Lipinski definition) is 0. The highest BCUT2D eigenvalue weighted by molar-refractivity contribution is 4.62. The van der Waals surface area contributed by atoms with Crippen LogP contribution in [-0.2, 0) is 0 Å². The molecule has 0 heteroatoms. The number of rotatable bonds is 2. The first-order chi connectivity index (χ1) is 2.81. The van der Waals surface area contributed by atoms with Crippen LogP contribution >= 0.6 is 0 Å². The van der Waals surface area contributed by atoms with Crippen molar-refractivity contribution in [3.8, 4) is 0 Å². The Morgan fingerprint density at radius 1 is 1.67 bits per heavy atom. The van der Waals surface area contributed by atoms with Crippen molar-refractivity contribution < 1.29 is 0 Å². The van der Waals surface area contributed by atoms with Gasteiger partial charge in [-0.1, -0.05) is 27.2 Å². The Morgan fingerprint density at radius 2 is 2.17 bits per heavy atom. The second-order valence-corrected chi connectivity index (χ2v) is 1.72. The Bertz CT molecular complexity index is 19.2. The van der Waals surface area contributed by atoms with Crippen LogP contribution in [-0.4, -0.2) is 0 Å². The van der Waals surface area contributed by atoms with Gasteiger partial charge in [0.1, 0.15) is 0 Å². The minimum atomic E-state index is 0.810. The molecule has 0 rings (SSSR count). The van der Waals surface area contributed by atoms with Gasteiger partial charge in [0.25, 0.3) is 0 Å². The molecule has 0 nitrogen and oxygen atoms in total. The molecule has 0 aromatic rings. The molecular formula is C6H13. The van der Waals surface area contributed by atoms with Crippen molar-refractivity contribution in [2.24, 2.45) is 5.92 Å². The molecule has 0 saturated heterocycles. The van der Waals surface area contributed by atoms with Gasteiger partial charge in [0, 0.05) is 0 Å². The third-order valence-corrected chi connectivity index (χ3v) is 1.21. The van der Waals surface area contributed by atoms with Gasteiger partial charge in [0.15, 0.2) is 0 Å². The lowest BCUT2D eigenvalue weighted by Crippen LogP contribution is -1.86. The van der Waals surface area contributed by atoms with Gasteiger partial charge in [-0.15, -0.1) is 0 Å². The lowest BCUT2D eigenvalue weighted by Gasteiger charge is -1.98. The molecule has 1 atom stereocenters. The Morgan fingerprint density at radius 3 is 2.17 bits per heavy atom. The average molecular weight is 85.2 g/mol. The summed E-state index contributed by atoms with van der Waals surface area (Å²) in [5.74, 6) is 0.810. The summed E-state index contributed by atoms with van der Waals surface area (Å²) in [7, 11) is 0. The summed E-state index contributed by atoms with van der Waals surface area (Å²) in [6.45, 7) is 6.53. The molecule has 1 radical (unpaired) electrons. The fourth-order valence-electron chi connectivity index (χ4n) is 0.236. The van der Waals surface area contributed by atoms with Gasteiger partial charge in [-0.2, -0.15) is 0 Å². The molecule has 0 N–H and O–H groups in total. The normalized spacial score (nSPS) is 10.0. The second-order valence-electron chi connectivity index (χ2n) is 1.72. The topological polar surface area (TPSA) is 0 Å². The van der Waals surface area contributed by atoms with E-state index in [0.717, 1.165) is 5.92 Å². The molecule has 0 unspecified atom stereocenters. The van der Waals surface area contributed by atoms with E-state index in [4.69, 9.17) is 0 Å². The van der Waals surface area contributed by atoms with E-state index < -0.39 is 0 Å². The van der Waals surface area contributed by atoms with Crippen molar-refractivity contribution in [3.63, 3.8) is 0 Å². The molecule has 0 aliphatic heterocycles. The Balaban J connectivity index is 2.75. The zero-order valence-corrected chi connectivity index (χ0v) is 4.86. The summed E-state index contributed by atoms with van der Waals surface area (Å²) < 4.78 is 0. The van der Waals surface area contributed by atoms with Crippen molar-refractivity contribution in [1.29, 1.82) is 0 Å². The van der Waals surface area contributed by atoms with Crippen LogP contribution < -0.4 is 0 Å². The average Bonchev–Trinajstić information content (AvgIpc) is 1.65. The van der Waals surface area contributed by atoms with Crippen LogP contribution in [0.4, 0.5) is 0 Å². The minimum absolute atomic E-state index is 0.810. The van der Waals surface area contributed by atoms with E-state index >= 15 is 0 Å². The standard InChI is InChI=1S/C6H13/c1-4-6(3)5-2/h4,6H,5H2,1-3H3/t6-/m0/s1. The van der Waals surface area contributed by atoms with Gasteiger partial charge in [0.2, 0.25) is 0 Å². The van der Waals surface area contributed by atoms with E-state index in [2.05, 4.69) is 27.2 Å². The summed E-state index contributed by atoms with van der Waals surface area (Å²) >= 11 is 0. The second kappa shape index (κ2) is 3.20. The monoisotopic (exact) mass is 85.1 g/mol. The molecule has 0 fully saturated rings. The highest BCUT2D eigenvalue weighted by Crippen LogP contribution is 2.01. The summed E-state index contributed by atoms with van der Waals surface area (Å²) in [6.07, 6.45) is 3.50. The Hall–Kier alpha value is 0. The summed E-state index contributed by atoms with van der Waals surface area (Å²) in [6, 6.07) is 0. The molecule has 0 aromatic carbocycles. The van der Waals surface area contributed by atoms with E-state index in [1.54, 1.807) is 0 Å². The molecule has 0 aliphatic rings. The van der Waals surface area contributed by atoms with E-state index in [9.17, 15) is 0 Å². The van der Waals surface area contributed by atoms with E-state index in [-0.39, 0.29) is 0 Å². The summed E-state index contributed by atoms with van der Waals surface area (Å²) in [5, 5.41) is 0. The largest absolute Gasteiger partial charge is 0.0651 e. The first-order valence-corrected chi connectivity index (χ1v) is 2.60. The van der Waals surface area contributed by atoms with Crippen molar-refractivity contribution in [3.05, 3.63) is 6.42 Å². The highest BCUT2D eigenvalue weighted by Gasteiger charge is 1.89. The smallest absolute Gasteiger partial charge is 0.0389 e. The molecule has 6 heavy (non-hydrogen) atoms.